The summed E-state index contributed by atoms with van der Waals surface area (Å²) in [5.74, 6) is 0.113. The number of aromatic nitrogens is 1. The van der Waals surface area contributed by atoms with E-state index in [0.29, 0.717) is 19.0 Å². The first-order chi connectivity index (χ1) is 9.72. The standard InChI is InChI=1S/C15H24N4O/c1-2-19(11-13-5-3-4-8-17-13)14(10-16)9-15(20)18-12-6-7-12/h3-5,8,12,14H,2,6-7,9-11,16H2,1H3,(H,18,20). The highest BCUT2D eigenvalue weighted by Gasteiger charge is 2.26. The maximum atomic E-state index is 11.9. The van der Waals surface area contributed by atoms with E-state index in [1.54, 1.807) is 6.20 Å². The smallest absolute Gasteiger partial charge is 0.221 e. The summed E-state index contributed by atoms with van der Waals surface area (Å²) in [6, 6.07) is 6.37. The summed E-state index contributed by atoms with van der Waals surface area (Å²) >= 11 is 0. The minimum Gasteiger partial charge on any atom is -0.353 e. The van der Waals surface area contributed by atoms with Gasteiger partial charge in [0.25, 0.3) is 0 Å². The Morgan fingerprint density at radius 1 is 1.55 bits per heavy atom. The second kappa shape index (κ2) is 7.36. The van der Waals surface area contributed by atoms with Crippen molar-refractivity contribution in [2.45, 2.75) is 44.8 Å². The molecule has 0 saturated heterocycles. The number of likely N-dealkylation sites (N-methyl/N-ethyl adjacent to an activating group) is 1. The fourth-order valence-corrected chi connectivity index (χ4v) is 2.29. The van der Waals surface area contributed by atoms with E-state index in [9.17, 15) is 4.79 Å². The molecule has 20 heavy (non-hydrogen) atoms. The summed E-state index contributed by atoms with van der Waals surface area (Å²) in [6.45, 7) is 4.16. The van der Waals surface area contributed by atoms with E-state index >= 15 is 0 Å². The third-order valence-corrected chi connectivity index (χ3v) is 3.65. The molecule has 1 aromatic heterocycles. The van der Waals surface area contributed by atoms with Gasteiger partial charge in [0.1, 0.15) is 0 Å². The van der Waals surface area contributed by atoms with Crippen LogP contribution in [0.25, 0.3) is 0 Å². The van der Waals surface area contributed by atoms with Crippen molar-refractivity contribution in [3.63, 3.8) is 0 Å². The highest BCUT2D eigenvalue weighted by atomic mass is 16.1. The first-order valence-electron chi connectivity index (χ1n) is 7.36. The van der Waals surface area contributed by atoms with Crippen molar-refractivity contribution in [1.29, 1.82) is 0 Å². The molecule has 3 N–H and O–H groups in total. The molecule has 1 fully saturated rings. The van der Waals surface area contributed by atoms with Crippen molar-refractivity contribution in [2.24, 2.45) is 5.73 Å². The number of nitrogens with zero attached hydrogens (tertiary/aromatic N) is 2. The zero-order valence-electron chi connectivity index (χ0n) is 12.1. The second-order valence-electron chi connectivity index (χ2n) is 5.32. The Morgan fingerprint density at radius 3 is 2.90 bits per heavy atom. The fraction of sp³-hybridized carbons (Fsp3) is 0.600. The van der Waals surface area contributed by atoms with Crippen LogP contribution in [0.3, 0.4) is 0 Å². The average Bonchev–Trinajstić information content (AvgIpc) is 3.27. The minimum absolute atomic E-state index is 0.0701. The Bertz CT molecular complexity index is 419. The van der Waals surface area contributed by atoms with E-state index in [1.165, 1.54) is 0 Å². The lowest BCUT2D eigenvalue weighted by Gasteiger charge is -2.29. The number of pyridine rings is 1. The SMILES string of the molecule is CCN(Cc1ccccn1)C(CN)CC(=O)NC1CC1. The number of hydrogen-bond donors (Lipinski definition) is 2. The molecule has 0 radical (unpaired) electrons. The zero-order chi connectivity index (χ0) is 14.4. The Morgan fingerprint density at radius 2 is 2.35 bits per heavy atom. The molecule has 1 saturated carbocycles. The molecular formula is C15H24N4O. The van der Waals surface area contributed by atoms with Gasteiger partial charge in [-0.3, -0.25) is 14.7 Å². The summed E-state index contributed by atoms with van der Waals surface area (Å²) in [5, 5.41) is 3.02. The largest absolute Gasteiger partial charge is 0.353 e. The monoisotopic (exact) mass is 276 g/mol. The molecule has 0 aromatic carbocycles. The Kier molecular flexibility index (Phi) is 5.49. The lowest BCUT2D eigenvalue weighted by molar-refractivity contribution is -0.122. The molecule has 110 valence electrons. The van der Waals surface area contributed by atoms with Crippen molar-refractivity contribution in [3.05, 3.63) is 30.1 Å². The van der Waals surface area contributed by atoms with E-state index in [0.717, 1.165) is 31.6 Å². The number of amides is 1. The zero-order valence-corrected chi connectivity index (χ0v) is 12.1. The molecule has 1 heterocycles. The lowest BCUT2D eigenvalue weighted by atomic mass is 10.1. The van der Waals surface area contributed by atoms with Crippen molar-refractivity contribution in [2.75, 3.05) is 13.1 Å². The highest BCUT2D eigenvalue weighted by Crippen LogP contribution is 2.19. The van der Waals surface area contributed by atoms with Crippen LogP contribution in [0.4, 0.5) is 0 Å². The number of hydrogen-bond acceptors (Lipinski definition) is 4. The van der Waals surface area contributed by atoms with Crippen LogP contribution >= 0.6 is 0 Å². The van der Waals surface area contributed by atoms with Gasteiger partial charge in [-0.25, -0.2) is 0 Å². The van der Waals surface area contributed by atoms with Gasteiger partial charge >= 0.3 is 0 Å². The number of carbonyl (C=O) groups is 1. The number of rotatable bonds is 8. The predicted octanol–water partition coefficient (Wildman–Crippen LogP) is 0.900. The lowest BCUT2D eigenvalue weighted by Crippen LogP contribution is -2.44. The topological polar surface area (TPSA) is 71.2 Å². The van der Waals surface area contributed by atoms with Crippen molar-refractivity contribution >= 4 is 5.91 Å². The first-order valence-corrected chi connectivity index (χ1v) is 7.36. The molecule has 1 unspecified atom stereocenters. The van der Waals surface area contributed by atoms with Gasteiger partial charge in [-0.05, 0) is 31.5 Å². The van der Waals surface area contributed by atoms with E-state index in [-0.39, 0.29) is 11.9 Å². The van der Waals surface area contributed by atoms with Crippen LogP contribution in [0, 0.1) is 0 Å². The van der Waals surface area contributed by atoms with Crippen molar-refractivity contribution in [1.82, 2.24) is 15.2 Å². The normalized spacial score (nSPS) is 16.1. The van der Waals surface area contributed by atoms with Crippen LogP contribution in [0.1, 0.15) is 31.9 Å². The van der Waals surface area contributed by atoms with Gasteiger partial charge in [0.15, 0.2) is 0 Å². The maximum absolute atomic E-state index is 11.9. The summed E-state index contributed by atoms with van der Waals surface area (Å²) in [5.41, 5.74) is 6.87. The molecule has 1 amide bonds. The molecule has 5 heteroatoms. The fourth-order valence-electron chi connectivity index (χ4n) is 2.29. The van der Waals surface area contributed by atoms with Crippen LogP contribution in [-0.2, 0) is 11.3 Å². The molecule has 2 rings (SSSR count). The Balaban J connectivity index is 1.90. The molecular weight excluding hydrogens is 252 g/mol. The predicted molar refractivity (Wildman–Crippen MR) is 78.9 cm³/mol. The van der Waals surface area contributed by atoms with E-state index < -0.39 is 0 Å². The first kappa shape index (κ1) is 14.9. The number of carbonyl (C=O) groups excluding carboxylic acids is 1. The molecule has 0 aliphatic heterocycles. The van der Waals surface area contributed by atoms with Crippen LogP contribution in [0.5, 0.6) is 0 Å². The van der Waals surface area contributed by atoms with Gasteiger partial charge in [0, 0.05) is 37.8 Å². The molecule has 5 nitrogen and oxygen atoms in total. The van der Waals surface area contributed by atoms with Gasteiger partial charge in [-0.15, -0.1) is 0 Å². The van der Waals surface area contributed by atoms with Crippen molar-refractivity contribution < 1.29 is 4.79 Å². The van der Waals surface area contributed by atoms with E-state index in [1.807, 2.05) is 18.2 Å². The van der Waals surface area contributed by atoms with Crippen LogP contribution in [0.2, 0.25) is 0 Å². The van der Waals surface area contributed by atoms with Crippen molar-refractivity contribution in [3.8, 4) is 0 Å². The summed E-state index contributed by atoms with van der Waals surface area (Å²) in [4.78, 5) is 18.5. The van der Waals surface area contributed by atoms with Gasteiger partial charge in [-0.1, -0.05) is 13.0 Å². The molecule has 0 spiro atoms. The maximum Gasteiger partial charge on any atom is 0.221 e. The van der Waals surface area contributed by atoms with Crippen LogP contribution in [0.15, 0.2) is 24.4 Å². The van der Waals surface area contributed by atoms with Gasteiger partial charge in [0.05, 0.1) is 5.69 Å². The Labute approximate surface area is 120 Å². The molecule has 1 aliphatic rings. The summed E-state index contributed by atoms with van der Waals surface area (Å²) < 4.78 is 0. The van der Waals surface area contributed by atoms with Gasteiger partial charge in [-0.2, -0.15) is 0 Å². The molecule has 1 aliphatic carbocycles. The quantitative estimate of drug-likeness (QED) is 0.740. The van der Waals surface area contributed by atoms with E-state index in [2.05, 4.69) is 22.1 Å². The molecule has 0 bridgehead atoms. The van der Waals surface area contributed by atoms with Gasteiger partial charge < -0.3 is 11.1 Å². The number of nitrogens with one attached hydrogen (secondary N) is 1. The third-order valence-electron chi connectivity index (χ3n) is 3.65. The second-order valence-corrected chi connectivity index (χ2v) is 5.32. The molecule has 1 atom stereocenters. The summed E-state index contributed by atoms with van der Waals surface area (Å²) in [7, 11) is 0. The number of nitrogens with two attached hydrogens (primary N) is 1. The van der Waals surface area contributed by atoms with E-state index in [4.69, 9.17) is 5.73 Å². The third kappa shape index (κ3) is 4.58. The molecule has 1 aromatic rings. The van der Waals surface area contributed by atoms with Crippen LogP contribution in [-0.4, -0.2) is 41.0 Å². The highest BCUT2D eigenvalue weighted by molar-refractivity contribution is 5.77. The summed E-state index contributed by atoms with van der Waals surface area (Å²) in [6.07, 6.45) is 4.49. The minimum atomic E-state index is 0.0701. The Hall–Kier alpha value is -1.46. The van der Waals surface area contributed by atoms with Gasteiger partial charge in [0.2, 0.25) is 5.91 Å². The average molecular weight is 276 g/mol. The van der Waals surface area contributed by atoms with Crippen LogP contribution < -0.4 is 11.1 Å².